The second-order valence-corrected chi connectivity index (χ2v) is 5.10. The van der Waals surface area contributed by atoms with Crippen molar-refractivity contribution in [3.8, 4) is 11.5 Å². The first-order valence-electron chi connectivity index (χ1n) is 6.36. The van der Waals surface area contributed by atoms with E-state index >= 15 is 0 Å². The highest BCUT2D eigenvalue weighted by Gasteiger charge is 2.22. The molecule has 0 aromatic carbocycles. The number of nitrogens with zero attached hydrogens (tertiary/aromatic N) is 4. The molecule has 0 radical (unpaired) electrons. The van der Waals surface area contributed by atoms with Gasteiger partial charge >= 0.3 is 0 Å². The number of pyridine rings is 1. The van der Waals surface area contributed by atoms with Crippen LogP contribution in [-0.4, -0.2) is 19.9 Å². The molecule has 3 rings (SSSR count). The molecule has 1 saturated carbocycles. The van der Waals surface area contributed by atoms with Gasteiger partial charge in [0.05, 0.1) is 5.02 Å². The van der Waals surface area contributed by atoms with Gasteiger partial charge in [0, 0.05) is 12.1 Å². The molecule has 0 bridgehead atoms. The van der Waals surface area contributed by atoms with Gasteiger partial charge in [-0.3, -0.25) is 4.98 Å². The van der Waals surface area contributed by atoms with Gasteiger partial charge in [0.1, 0.15) is 11.5 Å². The van der Waals surface area contributed by atoms with Crippen LogP contribution in [0.1, 0.15) is 37.4 Å². The second-order valence-electron chi connectivity index (χ2n) is 4.69. The monoisotopic (exact) mass is 275 g/mol. The Morgan fingerprint density at radius 3 is 2.68 bits per heavy atom. The van der Waals surface area contributed by atoms with Crippen molar-refractivity contribution >= 4 is 17.5 Å². The maximum absolute atomic E-state index is 6.12. The molecule has 0 atom stereocenters. The molecule has 2 aromatic rings. The zero-order chi connectivity index (χ0) is 13.2. The van der Waals surface area contributed by atoms with E-state index in [1.54, 1.807) is 18.3 Å². The smallest absolute Gasteiger partial charge is 0.223 e. The fourth-order valence-corrected chi connectivity index (χ4v) is 2.64. The number of hydrogen-bond donors (Lipinski definition) is 1. The van der Waals surface area contributed by atoms with Crippen molar-refractivity contribution in [2.24, 2.45) is 0 Å². The molecular weight excluding hydrogens is 262 g/mol. The summed E-state index contributed by atoms with van der Waals surface area (Å²) in [7, 11) is 0. The molecule has 19 heavy (non-hydrogen) atoms. The van der Waals surface area contributed by atoms with E-state index < -0.39 is 0 Å². The van der Waals surface area contributed by atoms with Crippen molar-refractivity contribution in [2.45, 2.75) is 31.6 Å². The summed E-state index contributed by atoms with van der Waals surface area (Å²) >= 11 is 6.12. The van der Waals surface area contributed by atoms with Crippen LogP contribution in [-0.2, 0) is 0 Å². The van der Waals surface area contributed by atoms with E-state index in [0.29, 0.717) is 22.5 Å². The maximum Gasteiger partial charge on any atom is 0.223 e. The fourth-order valence-electron chi connectivity index (χ4n) is 2.43. The molecule has 1 aliphatic rings. The van der Waals surface area contributed by atoms with Crippen LogP contribution in [0.5, 0.6) is 0 Å². The third kappa shape index (κ3) is 2.51. The second kappa shape index (κ2) is 5.09. The summed E-state index contributed by atoms with van der Waals surface area (Å²) in [5.74, 6) is 1.84. The van der Waals surface area contributed by atoms with Gasteiger partial charge in [-0.25, -0.2) is 4.98 Å². The van der Waals surface area contributed by atoms with Crippen LogP contribution < -0.4 is 5.73 Å². The van der Waals surface area contributed by atoms with Crippen molar-refractivity contribution in [1.29, 1.82) is 0 Å². The highest BCUT2D eigenvalue weighted by molar-refractivity contribution is 6.32. The van der Waals surface area contributed by atoms with E-state index in [9.17, 15) is 0 Å². The zero-order valence-electron chi connectivity index (χ0n) is 10.4. The predicted molar refractivity (Wildman–Crippen MR) is 73.7 cm³/mol. The van der Waals surface area contributed by atoms with Crippen LogP contribution in [0.2, 0.25) is 5.02 Å². The van der Waals surface area contributed by atoms with Gasteiger partial charge in [-0.15, -0.1) is 0 Å². The molecule has 0 aliphatic heterocycles. The average molecular weight is 276 g/mol. The van der Waals surface area contributed by atoms with Crippen LogP contribution in [0.4, 0.5) is 5.95 Å². The normalized spacial score (nSPS) is 15.8. The molecule has 0 unspecified atom stereocenters. The first kappa shape index (κ1) is 12.3. The van der Waals surface area contributed by atoms with Crippen molar-refractivity contribution in [2.75, 3.05) is 5.73 Å². The molecule has 1 fully saturated rings. The zero-order valence-corrected chi connectivity index (χ0v) is 11.1. The molecule has 2 aromatic heterocycles. The lowest BCUT2D eigenvalue weighted by atomic mass is 10.1. The Labute approximate surface area is 116 Å². The fraction of sp³-hybridized carbons (Fsp3) is 0.385. The summed E-state index contributed by atoms with van der Waals surface area (Å²) in [5.41, 5.74) is 6.33. The number of nitrogen functional groups attached to an aromatic ring is 1. The summed E-state index contributed by atoms with van der Waals surface area (Å²) in [5, 5.41) is 0.519. The minimum absolute atomic E-state index is 0.230. The number of hydrogen-bond acceptors (Lipinski definition) is 5. The Bertz CT molecular complexity index is 595. The number of anilines is 1. The van der Waals surface area contributed by atoms with E-state index in [1.165, 1.54) is 12.8 Å². The van der Waals surface area contributed by atoms with Gasteiger partial charge in [0.25, 0.3) is 0 Å². The number of nitrogens with two attached hydrogens (primary N) is 1. The third-order valence-electron chi connectivity index (χ3n) is 3.36. The Morgan fingerprint density at radius 2 is 1.95 bits per heavy atom. The molecule has 2 heterocycles. The molecule has 5 nitrogen and oxygen atoms in total. The van der Waals surface area contributed by atoms with Gasteiger partial charge in [0.15, 0.2) is 5.82 Å². The van der Waals surface area contributed by atoms with Gasteiger partial charge in [0.2, 0.25) is 5.95 Å². The van der Waals surface area contributed by atoms with Gasteiger partial charge in [-0.05, 0) is 25.0 Å². The van der Waals surface area contributed by atoms with E-state index in [0.717, 1.165) is 18.7 Å². The van der Waals surface area contributed by atoms with Gasteiger partial charge < -0.3 is 5.73 Å². The highest BCUT2D eigenvalue weighted by atomic mass is 35.5. The van der Waals surface area contributed by atoms with Gasteiger partial charge in [-0.2, -0.15) is 9.97 Å². The molecular formula is C13H14ClN5. The molecule has 1 aliphatic carbocycles. The Balaban J connectivity index is 2.04. The van der Waals surface area contributed by atoms with E-state index in [-0.39, 0.29) is 5.95 Å². The lowest BCUT2D eigenvalue weighted by Gasteiger charge is -2.09. The molecule has 0 spiro atoms. The quantitative estimate of drug-likeness (QED) is 0.912. The van der Waals surface area contributed by atoms with Crippen molar-refractivity contribution < 1.29 is 0 Å². The standard InChI is InChI=1S/C13H14ClN5/c14-9-6-3-7-16-10(9)12-17-11(18-13(15)19-12)8-4-1-2-5-8/h3,6-8H,1-2,4-5H2,(H2,15,17,18,19). The Hall–Kier alpha value is -1.75. The Kier molecular flexibility index (Phi) is 3.29. The summed E-state index contributed by atoms with van der Waals surface area (Å²) in [4.78, 5) is 17.1. The highest BCUT2D eigenvalue weighted by Crippen LogP contribution is 2.33. The van der Waals surface area contributed by atoms with Gasteiger partial charge in [-0.1, -0.05) is 24.4 Å². The predicted octanol–water partition coefficient (Wildman–Crippen LogP) is 2.83. The van der Waals surface area contributed by atoms with Crippen LogP contribution >= 0.6 is 11.6 Å². The van der Waals surface area contributed by atoms with Crippen molar-refractivity contribution in [3.63, 3.8) is 0 Å². The van der Waals surface area contributed by atoms with Crippen LogP contribution in [0.25, 0.3) is 11.5 Å². The lowest BCUT2D eigenvalue weighted by Crippen LogP contribution is -2.08. The number of halogens is 1. The number of rotatable bonds is 2. The number of aromatic nitrogens is 4. The summed E-state index contributed by atoms with van der Waals surface area (Å²) < 4.78 is 0. The third-order valence-corrected chi connectivity index (χ3v) is 3.67. The first-order valence-corrected chi connectivity index (χ1v) is 6.74. The molecule has 0 saturated heterocycles. The largest absolute Gasteiger partial charge is 0.368 e. The summed E-state index contributed by atoms with van der Waals surface area (Å²) in [6.45, 7) is 0. The maximum atomic E-state index is 6.12. The van der Waals surface area contributed by atoms with E-state index in [2.05, 4.69) is 19.9 Å². The van der Waals surface area contributed by atoms with Crippen LogP contribution in [0, 0.1) is 0 Å². The lowest BCUT2D eigenvalue weighted by molar-refractivity contribution is 0.664. The minimum Gasteiger partial charge on any atom is -0.368 e. The van der Waals surface area contributed by atoms with E-state index in [1.807, 2.05) is 0 Å². The Morgan fingerprint density at radius 1 is 1.16 bits per heavy atom. The minimum atomic E-state index is 0.230. The average Bonchev–Trinajstić information content (AvgIpc) is 2.92. The summed E-state index contributed by atoms with van der Waals surface area (Å²) in [6.07, 6.45) is 6.32. The van der Waals surface area contributed by atoms with Crippen LogP contribution in [0.3, 0.4) is 0 Å². The summed E-state index contributed by atoms with van der Waals surface area (Å²) in [6, 6.07) is 3.54. The van der Waals surface area contributed by atoms with Crippen molar-refractivity contribution in [1.82, 2.24) is 19.9 Å². The van der Waals surface area contributed by atoms with Crippen molar-refractivity contribution in [3.05, 3.63) is 29.2 Å². The molecule has 6 heteroatoms. The SMILES string of the molecule is Nc1nc(-c2ncccc2Cl)nc(C2CCCC2)n1. The first-order chi connectivity index (χ1) is 9.24. The topological polar surface area (TPSA) is 77.6 Å². The molecule has 0 amide bonds. The van der Waals surface area contributed by atoms with Crippen LogP contribution in [0.15, 0.2) is 18.3 Å². The van der Waals surface area contributed by atoms with E-state index in [4.69, 9.17) is 17.3 Å². The molecule has 98 valence electrons. The molecule has 2 N–H and O–H groups in total.